The average molecular weight is 274 g/mol. The Morgan fingerprint density at radius 3 is 2.79 bits per heavy atom. The predicted molar refractivity (Wildman–Crippen MR) is 84.0 cm³/mol. The van der Waals surface area contributed by atoms with Crippen molar-refractivity contribution in [2.45, 2.75) is 45.4 Å². The van der Waals surface area contributed by atoms with Gasteiger partial charge in [0.2, 0.25) is 0 Å². The standard InChI is InChI=1S/C16H22N2S/c1-12-18-15-9-8-14(10-16(15)19-12)17-11-13-6-4-2-3-5-7-13/h8-10,13,17H,2-7,11H2,1H3. The maximum absolute atomic E-state index is 4.51. The number of benzene rings is 1. The van der Waals surface area contributed by atoms with Gasteiger partial charge >= 0.3 is 0 Å². The maximum atomic E-state index is 4.51. The molecule has 0 unspecified atom stereocenters. The molecule has 0 saturated heterocycles. The molecule has 0 amide bonds. The molecule has 0 atom stereocenters. The lowest BCUT2D eigenvalue weighted by molar-refractivity contribution is 0.483. The highest BCUT2D eigenvalue weighted by atomic mass is 32.1. The van der Waals surface area contributed by atoms with Gasteiger partial charge in [-0.25, -0.2) is 4.98 Å². The topological polar surface area (TPSA) is 24.9 Å². The van der Waals surface area contributed by atoms with E-state index in [0.717, 1.165) is 23.0 Å². The molecule has 0 spiro atoms. The first-order valence-corrected chi connectivity index (χ1v) is 8.24. The number of fused-ring (bicyclic) bond motifs is 1. The largest absolute Gasteiger partial charge is 0.385 e. The summed E-state index contributed by atoms with van der Waals surface area (Å²) in [6.07, 6.45) is 8.49. The van der Waals surface area contributed by atoms with Gasteiger partial charge in [0.1, 0.15) is 0 Å². The van der Waals surface area contributed by atoms with Crippen molar-refractivity contribution in [2.75, 3.05) is 11.9 Å². The molecule has 1 aliphatic carbocycles. The van der Waals surface area contributed by atoms with Crippen LogP contribution in [0.25, 0.3) is 10.2 Å². The normalized spacial score (nSPS) is 17.5. The van der Waals surface area contributed by atoms with Crippen LogP contribution >= 0.6 is 11.3 Å². The summed E-state index contributed by atoms with van der Waals surface area (Å²) in [5.41, 5.74) is 2.38. The summed E-state index contributed by atoms with van der Waals surface area (Å²) < 4.78 is 1.29. The zero-order chi connectivity index (χ0) is 13.1. The summed E-state index contributed by atoms with van der Waals surface area (Å²) in [5, 5.41) is 4.77. The number of aromatic nitrogens is 1. The van der Waals surface area contributed by atoms with Crippen molar-refractivity contribution in [3.05, 3.63) is 23.2 Å². The van der Waals surface area contributed by atoms with Crippen LogP contribution in [0, 0.1) is 12.8 Å². The van der Waals surface area contributed by atoms with Gasteiger partial charge in [-0.05, 0) is 43.9 Å². The van der Waals surface area contributed by atoms with E-state index in [9.17, 15) is 0 Å². The number of anilines is 1. The van der Waals surface area contributed by atoms with Crippen molar-refractivity contribution in [1.29, 1.82) is 0 Å². The fourth-order valence-electron chi connectivity index (χ4n) is 2.98. The molecular formula is C16H22N2S. The predicted octanol–water partition coefficient (Wildman–Crippen LogP) is 4.99. The van der Waals surface area contributed by atoms with E-state index in [0.29, 0.717) is 0 Å². The van der Waals surface area contributed by atoms with E-state index in [-0.39, 0.29) is 0 Å². The molecule has 2 nitrogen and oxygen atoms in total. The Labute approximate surface area is 119 Å². The zero-order valence-electron chi connectivity index (χ0n) is 11.6. The van der Waals surface area contributed by atoms with Crippen LogP contribution in [-0.2, 0) is 0 Å². The van der Waals surface area contributed by atoms with Crippen LogP contribution in [0.5, 0.6) is 0 Å². The SMILES string of the molecule is Cc1nc2ccc(NCC3CCCCCC3)cc2s1. The molecule has 3 heteroatoms. The van der Waals surface area contributed by atoms with Crippen molar-refractivity contribution in [3.8, 4) is 0 Å². The summed E-state index contributed by atoms with van der Waals surface area (Å²) in [6, 6.07) is 6.54. The van der Waals surface area contributed by atoms with E-state index in [1.54, 1.807) is 11.3 Å². The van der Waals surface area contributed by atoms with E-state index in [4.69, 9.17) is 0 Å². The fraction of sp³-hybridized carbons (Fsp3) is 0.562. The van der Waals surface area contributed by atoms with E-state index >= 15 is 0 Å². The summed E-state index contributed by atoms with van der Waals surface area (Å²) in [7, 11) is 0. The van der Waals surface area contributed by atoms with Gasteiger partial charge in [0.05, 0.1) is 15.2 Å². The van der Waals surface area contributed by atoms with Crippen molar-refractivity contribution in [3.63, 3.8) is 0 Å². The third-order valence-corrected chi connectivity index (χ3v) is 5.00. The molecule has 0 aliphatic heterocycles. The molecule has 2 aromatic rings. The smallest absolute Gasteiger partial charge is 0.0907 e. The van der Waals surface area contributed by atoms with E-state index in [1.165, 1.54) is 48.9 Å². The summed E-state index contributed by atoms with van der Waals surface area (Å²) in [6.45, 7) is 3.20. The van der Waals surface area contributed by atoms with Gasteiger partial charge in [0.25, 0.3) is 0 Å². The van der Waals surface area contributed by atoms with E-state index < -0.39 is 0 Å². The fourth-order valence-corrected chi connectivity index (χ4v) is 3.85. The van der Waals surface area contributed by atoms with Gasteiger partial charge < -0.3 is 5.32 Å². The highest BCUT2D eigenvalue weighted by molar-refractivity contribution is 7.18. The number of rotatable bonds is 3. The first kappa shape index (κ1) is 12.9. The number of aryl methyl sites for hydroxylation is 1. The van der Waals surface area contributed by atoms with Gasteiger partial charge in [0, 0.05) is 12.2 Å². The molecule has 1 N–H and O–H groups in total. The second kappa shape index (κ2) is 5.91. The monoisotopic (exact) mass is 274 g/mol. The Hall–Kier alpha value is -1.09. The molecule has 3 rings (SSSR count). The van der Waals surface area contributed by atoms with Crippen LogP contribution < -0.4 is 5.32 Å². The van der Waals surface area contributed by atoms with E-state index in [1.807, 2.05) is 0 Å². The van der Waals surface area contributed by atoms with Crippen molar-refractivity contribution in [2.24, 2.45) is 5.92 Å². The minimum Gasteiger partial charge on any atom is -0.385 e. The molecule has 1 heterocycles. The van der Waals surface area contributed by atoms with Crippen LogP contribution in [0.4, 0.5) is 5.69 Å². The Morgan fingerprint density at radius 2 is 2.00 bits per heavy atom. The number of thiazole rings is 1. The summed E-state index contributed by atoms with van der Waals surface area (Å²) in [5.74, 6) is 0.862. The highest BCUT2D eigenvalue weighted by Crippen LogP contribution is 2.26. The third-order valence-electron chi connectivity index (χ3n) is 4.06. The van der Waals surface area contributed by atoms with Crippen molar-refractivity contribution < 1.29 is 0 Å². The van der Waals surface area contributed by atoms with Crippen molar-refractivity contribution in [1.82, 2.24) is 4.98 Å². The third kappa shape index (κ3) is 3.27. The first-order valence-electron chi connectivity index (χ1n) is 7.42. The molecule has 0 radical (unpaired) electrons. The lowest BCUT2D eigenvalue weighted by Gasteiger charge is -2.15. The van der Waals surface area contributed by atoms with Crippen molar-refractivity contribution >= 4 is 27.2 Å². The number of nitrogens with one attached hydrogen (secondary N) is 1. The maximum Gasteiger partial charge on any atom is 0.0907 e. The molecule has 1 aromatic heterocycles. The Kier molecular flexibility index (Phi) is 4.02. The lowest BCUT2D eigenvalue weighted by Crippen LogP contribution is -2.13. The van der Waals surface area contributed by atoms with Gasteiger partial charge in [0.15, 0.2) is 0 Å². The van der Waals surface area contributed by atoms with Gasteiger partial charge in [-0.2, -0.15) is 0 Å². The molecule has 19 heavy (non-hydrogen) atoms. The van der Waals surface area contributed by atoms with Crippen LogP contribution in [0.1, 0.15) is 43.5 Å². The van der Waals surface area contributed by atoms with Crippen LogP contribution in [-0.4, -0.2) is 11.5 Å². The highest BCUT2D eigenvalue weighted by Gasteiger charge is 2.12. The van der Waals surface area contributed by atoms with E-state index in [2.05, 4.69) is 35.4 Å². The second-order valence-electron chi connectivity index (χ2n) is 5.65. The number of hydrogen-bond donors (Lipinski definition) is 1. The Morgan fingerprint density at radius 1 is 1.21 bits per heavy atom. The van der Waals surface area contributed by atoms with Crippen LogP contribution in [0.15, 0.2) is 18.2 Å². The minimum atomic E-state index is 0.862. The summed E-state index contributed by atoms with van der Waals surface area (Å²) in [4.78, 5) is 4.51. The molecule has 1 aliphatic rings. The molecule has 1 fully saturated rings. The van der Waals surface area contributed by atoms with Crippen LogP contribution in [0.2, 0.25) is 0 Å². The van der Waals surface area contributed by atoms with Gasteiger partial charge in [-0.1, -0.05) is 25.7 Å². The number of hydrogen-bond acceptors (Lipinski definition) is 3. The first-order chi connectivity index (χ1) is 9.31. The molecule has 102 valence electrons. The Balaban J connectivity index is 1.64. The minimum absolute atomic E-state index is 0.862. The molecular weight excluding hydrogens is 252 g/mol. The quantitative estimate of drug-likeness (QED) is 0.798. The second-order valence-corrected chi connectivity index (χ2v) is 6.89. The summed E-state index contributed by atoms with van der Waals surface area (Å²) >= 11 is 1.78. The molecule has 1 saturated carbocycles. The van der Waals surface area contributed by atoms with Gasteiger partial charge in [-0.3, -0.25) is 0 Å². The zero-order valence-corrected chi connectivity index (χ0v) is 12.4. The molecule has 1 aromatic carbocycles. The molecule has 0 bridgehead atoms. The van der Waals surface area contributed by atoms with Crippen LogP contribution in [0.3, 0.4) is 0 Å². The Bertz CT molecular complexity index is 539. The lowest BCUT2D eigenvalue weighted by atomic mass is 10.0. The average Bonchev–Trinajstić information content (AvgIpc) is 2.62. The van der Waals surface area contributed by atoms with Gasteiger partial charge in [-0.15, -0.1) is 11.3 Å². The number of nitrogens with zero attached hydrogens (tertiary/aromatic N) is 1.